The van der Waals surface area contributed by atoms with Crippen LogP contribution in [0.2, 0.25) is 0 Å². The molecule has 1 fully saturated rings. The second kappa shape index (κ2) is 8.40. The van der Waals surface area contributed by atoms with Crippen LogP contribution in [-0.2, 0) is 27.4 Å². The highest BCUT2D eigenvalue weighted by molar-refractivity contribution is 5.14. The summed E-state index contributed by atoms with van der Waals surface area (Å²) in [5, 5.41) is 10.5. The molecular formula is C20H24O4. The molecule has 0 radical (unpaired) electrons. The maximum absolute atomic E-state index is 10.5. The zero-order valence-corrected chi connectivity index (χ0v) is 13.9. The van der Waals surface area contributed by atoms with Crippen LogP contribution in [0.25, 0.3) is 0 Å². The van der Waals surface area contributed by atoms with E-state index in [1.54, 1.807) is 0 Å². The molecule has 4 atom stereocenters. The maximum atomic E-state index is 10.5. The van der Waals surface area contributed by atoms with Crippen LogP contribution in [0.1, 0.15) is 18.1 Å². The highest BCUT2D eigenvalue weighted by Crippen LogP contribution is 2.25. The number of ether oxygens (including phenoxy) is 3. The molecule has 0 spiro atoms. The first kappa shape index (κ1) is 17.1. The van der Waals surface area contributed by atoms with E-state index in [2.05, 4.69) is 0 Å². The van der Waals surface area contributed by atoms with Crippen LogP contribution in [0.4, 0.5) is 0 Å². The minimum atomic E-state index is -0.681. The van der Waals surface area contributed by atoms with Gasteiger partial charge in [0.2, 0.25) is 0 Å². The molecule has 0 bridgehead atoms. The Labute approximate surface area is 143 Å². The van der Waals surface area contributed by atoms with Gasteiger partial charge in [-0.1, -0.05) is 60.7 Å². The predicted octanol–water partition coefficient (Wildman–Crippen LogP) is 2.94. The topological polar surface area (TPSA) is 47.9 Å². The smallest absolute Gasteiger partial charge is 0.112 e. The van der Waals surface area contributed by atoms with Gasteiger partial charge in [-0.05, 0) is 18.1 Å². The van der Waals surface area contributed by atoms with E-state index in [1.807, 2.05) is 67.6 Å². The summed E-state index contributed by atoms with van der Waals surface area (Å²) >= 11 is 0. The molecule has 128 valence electrons. The quantitative estimate of drug-likeness (QED) is 0.849. The second-order valence-electron chi connectivity index (χ2n) is 6.13. The summed E-state index contributed by atoms with van der Waals surface area (Å²) in [5.74, 6) is 0. The van der Waals surface area contributed by atoms with E-state index in [0.29, 0.717) is 19.8 Å². The second-order valence-corrected chi connectivity index (χ2v) is 6.13. The Morgan fingerprint density at radius 1 is 0.917 bits per heavy atom. The van der Waals surface area contributed by atoms with E-state index in [9.17, 15) is 5.11 Å². The zero-order chi connectivity index (χ0) is 16.8. The molecule has 0 aromatic heterocycles. The Morgan fingerprint density at radius 2 is 1.50 bits per heavy atom. The molecule has 1 heterocycles. The van der Waals surface area contributed by atoms with E-state index in [0.717, 1.165) is 11.1 Å². The van der Waals surface area contributed by atoms with Crippen molar-refractivity contribution in [1.82, 2.24) is 0 Å². The van der Waals surface area contributed by atoms with Crippen molar-refractivity contribution in [2.24, 2.45) is 0 Å². The SMILES string of the molecule is C[C@H]1O[C@H](COCc2ccccc2)[C@H](O)[C@@H]1OCc1ccccc1. The van der Waals surface area contributed by atoms with Crippen molar-refractivity contribution < 1.29 is 19.3 Å². The summed E-state index contributed by atoms with van der Waals surface area (Å²) in [4.78, 5) is 0. The van der Waals surface area contributed by atoms with Crippen LogP contribution in [0.5, 0.6) is 0 Å². The van der Waals surface area contributed by atoms with E-state index >= 15 is 0 Å². The lowest BCUT2D eigenvalue weighted by Gasteiger charge is -2.19. The van der Waals surface area contributed by atoms with Crippen LogP contribution in [0.15, 0.2) is 60.7 Å². The van der Waals surface area contributed by atoms with Gasteiger partial charge in [0.05, 0.1) is 25.9 Å². The summed E-state index contributed by atoms with van der Waals surface area (Å²) in [6.07, 6.45) is -1.53. The fourth-order valence-electron chi connectivity index (χ4n) is 2.93. The van der Waals surface area contributed by atoms with Crippen LogP contribution < -0.4 is 0 Å². The van der Waals surface area contributed by atoms with Crippen LogP contribution in [0, 0.1) is 0 Å². The summed E-state index contributed by atoms with van der Waals surface area (Å²) < 4.78 is 17.4. The molecule has 0 aliphatic carbocycles. The van der Waals surface area contributed by atoms with E-state index in [1.165, 1.54) is 0 Å². The normalized spacial score (nSPS) is 26.6. The summed E-state index contributed by atoms with van der Waals surface area (Å²) in [6, 6.07) is 19.9. The molecule has 1 aliphatic heterocycles. The molecule has 0 amide bonds. The van der Waals surface area contributed by atoms with Crippen molar-refractivity contribution in [3.05, 3.63) is 71.8 Å². The minimum absolute atomic E-state index is 0.158. The van der Waals surface area contributed by atoms with E-state index < -0.39 is 6.10 Å². The Hall–Kier alpha value is -1.72. The Kier molecular flexibility index (Phi) is 5.99. The van der Waals surface area contributed by atoms with Gasteiger partial charge < -0.3 is 19.3 Å². The van der Waals surface area contributed by atoms with Gasteiger partial charge in [-0.15, -0.1) is 0 Å². The summed E-state index contributed by atoms with van der Waals surface area (Å²) in [5.41, 5.74) is 2.19. The number of rotatable bonds is 7. The maximum Gasteiger partial charge on any atom is 0.112 e. The molecule has 1 N–H and O–H groups in total. The molecule has 0 unspecified atom stereocenters. The average molecular weight is 328 g/mol. The monoisotopic (exact) mass is 328 g/mol. The zero-order valence-electron chi connectivity index (χ0n) is 13.9. The lowest BCUT2D eigenvalue weighted by molar-refractivity contribution is -0.0475. The highest BCUT2D eigenvalue weighted by Gasteiger charge is 2.42. The Morgan fingerprint density at radius 3 is 2.12 bits per heavy atom. The van der Waals surface area contributed by atoms with E-state index in [-0.39, 0.29) is 18.3 Å². The first-order valence-electron chi connectivity index (χ1n) is 8.35. The average Bonchev–Trinajstić information content (AvgIpc) is 2.89. The van der Waals surface area contributed by atoms with Crippen LogP contribution in [-0.4, -0.2) is 36.1 Å². The van der Waals surface area contributed by atoms with Gasteiger partial charge in [0.1, 0.15) is 18.3 Å². The third-order valence-corrected chi connectivity index (χ3v) is 4.25. The molecular weight excluding hydrogens is 304 g/mol. The van der Waals surface area contributed by atoms with Crippen molar-refractivity contribution in [3.8, 4) is 0 Å². The standard InChI is InChI=1S/C20H24O4/c1-15-20(23-13-17-10-6-3-7-11-17)19(21)18(24-15)14-22-12-16-8-4-2-5-9-16/h2-11,15,18-21H,12-14H2,1H3/t15-,18-,19+,20-/m1/s1. The van der Waals surface area contributed by atoms with Gasteiger partial charge in [0.15, 0.2) is 0 Å². The van der Waals surface area contributed by atoms with Gasteiger partial charge in [0, 0.05) is 0 Å². The molecule has 1 aliphatic rings. The van der Waals surface area contributed by atoms with Gasteiger partial charge in [0.25, 0.3) is 0 Å². The number of benzene rings is 2. The molecule has 0 saturated carbocycles. The van der Waals surface area contributed by atoms with Gasteiger partial charge in [-0.25, -0.2) is 0 Å². The van der Waals surface area contributed by atoms with Crippen LogP contribution in [0.3, 0.4) is 0 Å². The first-order chi connectivity index (χ1) is 11.7. The van der Waals surface area contributed by atoms with E-state index in [4.69, 9.17) is 14.2 Å². The van der Waals surface area contributed by atoms with Crippen molar-refractivity contribution in [2.45, 2.75) is 44.6 Å². The lowest BCUT2D eigenvalue weighted by Crippen LogP contribution is -2.36. The van der Waals surface area contributed by atoms with Gasteiger partial charge >= 0.3 is 0 Å². The van der Waals surface area contributed by atoms with Crippen molar-refractivity contribution >= 4 is 0 Å². The largest absolute Gasteiger partial charge is 0.387 e. The van der Waals surface area contributed by atoms with Crippen molar-refractivity contribution in [1.29, 1.82) is 0 Å². The lowest BCUT2D eigenvalue weighted by atomic mass is 10.1. The minimum Gasteiger partial charge on any atom is -0.387 e. The fraction of sp³-hybridized carbons (Fsp3) is 0.400. The predicted molar refractivity (Wildman–Crippen MR) is 91.5 cm³/mol. The third-order valence-electron chi connectivity index (χ3n) is 4.25. The first-order valence-corrected chi connectivity index (χ1v) is 8.35. The molecule has 2 aromatic rings. The molecule has 24 heavy (non-hydrogen) atoms. The number of aliphatic hydroxyl groups is 1. The molecule has 3 rings (SSSR count). The molecule has 2 aromatic carbocycles. The third kappa shape index (κ3) is 4.42. The Balaban J connectivity index is 1.46. The summed E-state index contributed by atoms with van der Waals surface area (Å²) in [7, 11) is 0. The molecule has 1 saturated heterocycles. The number of hydrogen-bond donors (Lipinski definition) is 1. The number of aliphatic hydroxyl groups excluding tert-OH is 1. The summed E-state index contributed by atoms with van der Waals surface area (Å²) in [6.45, 7) is 3.26. The van der Waals surface area contributed by atoms with Crippen molar-refractivity contribution in [3.63, 3.8) is 0 Å². The van der Waals surface area contributed by atoms with Gasteiger partial charge in [-0.3, -0.25) is 0 Å². The van der Waals surface area contributed by atoms with Crippen LogP contribution >= 0.6 is 0 Å². The van der Waals surface area contributed by atoms with Crippen molar-refractivity contribution in [2.75, 3.05) is 6.61 Å². The number of hydrogen-bond acceptors (Lipinski definition) is 4. The molecule has 4 nitrogen and oxygen atoms in total. The van der Waals surface area contributed by atoms with Gasteiger partial charge in [-0.2, -0.15) is 0 Å². The highest BCUT2D eigenvalue weighted by atomic mass is 16.6. The fourth-order valence-corrected chi connectivity index (χ4v) is 2.93. The Bertz CT molecular complexity index is 602. The molecule has 4 heteroatoms.